The Morgan fingerprint density at radius 3 is 2.42 bits per heavy atom. The third-order valence-corrected chi connectivity index (χ3v) is 5.73. The van der Waals surface area contributed by atoms with Gasteiger partial charge in [0.2, 0.25) is 0 Å². The molecular weight excluding hydrogens is 341 g/mol. The highest BCUT2D eigenvalue weighted by molar-refractivity contribution is 5.43. The molecule has 2 aliphatic rings. The fourth-order valence-electron chi connectivity index (χ4n) is 4.01. The number of hydrogen-bond acceptors (Lipinski definition) is 6. The van der Waals surface area contributed by atoms with Crippen LogP contribution < -0.4 is 9.47 Å². The van der Waals surface area contributed by atoms with E-state index in [1.807, 2.05) is 0 Å². The van der Waals surface area contributed by atoms with Gasteiger partial charge >= 0.3 is 0 Å². The molecule has 0 aliphatic carbocycles. The molecule has 0 radical (unpaired) electrons. The molecule has 6 nitrogen and oxygen atoms in total. The van der Waals surface area contributed by atoms with Crippen LogP contribution in [-0.2, 0) is 11.3 Å². The molecule has 2 atom stereocenters. The van der Waals surface area contributed by atoms with Crippen LogP contribution in [0.4, 0.5) is 4.39 Å². The minimum absolute atomic E-state index is 0.333. The summed E-state index contributed by atoms with van der Waals surface area (Å²) in [6.45, 7) is 3.85. The van der Waals surface area contributed by atoms with Gasteiger partial charge in [-0.3, -0.25) is 4.90 Å². The van der Waals surface area contributed by atoms with Gasteiger partial charge in [0.15, 0.2) is 11.5 Å². The average molecular weight is 369 g/mol. The first kappa shape index (κ1) is 19.4. The van der Waals surface area contributed by atoms with Crippen LogP contribution in [0.1, 0.15) is 31.7 Å². The zero-order chi connectivity index (χ0) is 18.9. The molecule has 2 N–H and O–H groups in total. The van der Waals surface area contributed by atoms with Crippen molar-refractivity contribution in [3.63, 3.8) is 0 Å². The summed E-state index contributed by atoms with van der Waals surface area (Å²) in [6, 6.07) is 3.00. The Hall–Kier alpha value is -1.41. The van der Waals surface area contributed by atoms with E-state index in [9.17, 15) is 14.6 Å². The van der Waals surface area contributed by atoms with Crippen LogP contribution in [0.3, 0.4) is 0 Å². The number of aliphatic hydroxyl groups excluding tert-OH is 1. The SMILES string of the molecule is COc1cc(F)c(CN2CCC3(CC2)OCC[C@@](C)(O)[C@@H]3O)cc1OC. The highest BCUT2D eigenvalue weighted by Crippen LogP contribution is 2.40. The quantitative estimate of drug-likeness (QED) is 0.842. The first-order chi connectivity index (χ1) is 12.3. The normalized spacial score (nSPS) is 28.9. The Balaban J connectivity index is 1.68. The summed E-state index contributed by atoms with van der Waals surface area (Å²) in [6.07, 6.45) is 0.707. The molecule has 0 amide bonds. The predicted octanol–water partition coefficient (Wildman–Crippen LogP) is 1.71. The van der Waals surface area contributed by atoms with Gasteiger partial charge in [-0.05, 0) is 25.8 Å². The van der Waals surface area contributed by atoms with Crippen LogP contribution in [0, 0.1) is 5.82 Å². The van der Waals surface area contributed by atoms with Gasteiger partial charge in [0.1, 0.15) is 11.9 Å². The maximum absolute atomic E-state index is 14.4. The van der Waals surface area contributed by atoms with Gasteiger partial charge in [0.25, 0.3) is 0 Å². The Labute approximate surface area is 153 Å². The molecular formula is C19H28FNO5. The van der Waals surface area contributed by atoms with Crippen molar-refractivity contribution >= 4 is 0 Å². The summed E-state index contributed by atoms with van der Waals surface area (Å²) in [7, 11) is 3.00. The second kappa shape index (κ2) is 7.31. The first-order valence-electron chi connectivity index (χ1n) is 8.98. The molecule has 1 spiro atoms. The molecule has 1 aromatic carbocycles. The van der Waals surface area contributed by atoms with Gasteiger partial charge in [-0.25, -0.2) is 4.39 Å². The standard InChI is InChI=1S/C19H28FNO5/c1-18(23)6-9-26-19(17(18)22)4-7-21(8-5-19)12-13-10-15(24-2)16(25-3)11-14(13)20/h10-11,17,22-23H,4-9,12H2,1-3H3/t17-,18+/m0/s1. The fraction of sp³-hybridized carbons (Fsp3) is 0.684. The van der Waals surface area contributed by atoms with E-state index in [1.54, 1.807) is 13.0 Å². The van der Waals surface area contributed by atoms with Crippen LogP contribution in [0.5, 0.6) is 11.5 Å². The monoisotopic (exact) mass is 369 g/mol. The van der Waals surface area contributed by atoms with Crippen LogP contribution in [0.2, 0.25) is 0 Å². The molecule has 2 saturated heterocycles. The minimum Gasteiger partial charge on any atom is -0.493 e. The number of methoxy groups -OCH3 is 2. The predicted molar refractivity (Wildman–Crippen MR) is 93.9 cm³/mol. The first-order valence-corrected chi connectivity index (χ1v) is 8.98. The number of rotatable bonds is 4. The highest BCUT2D eigenvalue weighted by Gasteiger charge is 2.52. The van der Waals surface area contributed by atoms with Crippen molar-refractivity contribution in [3.8, 4) is 11.5 Å². The summed E-state index contributed by atoms with van der Waals surface area (Å²) >= 11 is 0. The Bertz CT molecular complexity index is 643. The Morgan fingerprint density at radius 1 is 1.19 bits per heavy atom. The lowest BCUT2D eigenvalue weighted by molar-refractivity contribution is -0.246. The molecule has 7 heteroatoms. The van der Waals surface area contributed by atoms with Crippen molar-refractivity contribution in [2.75, 3.05) is 33.9 Å². The van der Waals surface area contributed by atoms with E-state index < -0.39 is 17.3 Å². The van der Waals surface area contributed by atoms with Crippen LogP contribution >= 0.6 is 0 Å². The van der Waals surface area contributed by atoms with E-state index in [4.69, 9.17) is 14.2 Å². The van der Waals surface area contributed by atoms with Crippen molar-refractivity contribution in [1.29, 1.82) is 0 Å². The van der Waals surface area contributed by atoms with E-state index in [0.717, 1.165) is 0 Å². The maximum Gasteiger partial charge on any atom is 0.163 e. The lowest BCUT2D eigenvalue weighted by Gasteiger charge is -2.51. The van der Waals surface area contributed by atoms with Crippen LogP contribution in [0.25, 0.3) is 0 Å². The van der Waals surface area contributed by atoms with Crippen molar-refractivity contribution in [1.82, 2.24) is 4.90 Å². The Kier molecular flexibility index (Phi) is 5.44. The van der Waals surface area contributed by atoms with Crippen molar-refractivity contribution in [2.45, 2.75) is 50.0 Å². The molecule has 3 rings (SSSR count). The summed E-state index contributed by atoms with van der Waals surface area (Å²) in [4.78, 5) is 2.12. The van der Waals surface area contributed by atoms with Gasteiger partial charge in [-0.2, -0.15) is 0 Å². The third-order valence-electron chi connectivity index (χ3n) is 5.73. The number of benzene rings is 1. The van der Waals surface area contributed by atoms with Gasteiger partial charge in [0.05, 0.1) is 32.0 Å². The van der Waals surface area contributed by atoms with Crippen molar-refractivity contribution in [2.24, 2.45) is 0 Å². The number of aliphatic hydroxyl groups is 2. The van der Waals surface area contributed by atoms with Gasteiger partial charge in [-0.15, -0.1) is 0 Å². The topological polar surface area (TPSA) is 71.4 Å². The number of hydrogen-bond donors (Lipinski definition) is 2. The van der Waals surface area contributed by atoms with E-state index in [0.29, 0.717) is 62.6 Å². The molecule has 2 heterocycles. The minimum atomic E-state index is -1.13. The van der Waals surface area contributed by atoms with Gasteiger partial charge in [0, 0.05) is 37.7 Å². The molecule has 0 bridgehead atoms. The van der Waals surface area contributed by atoms with E-state index >= 15 is 0 Å². The van der Waals surface area contributed by atoms with Gasteiger partial charge in [-0.1, -0.05) is 0 Å². The third kappa shape index (κ3) is 3.53. The second-order valence-electron chi connectivity index (χ2n) is 7.50. The molecule has 0 saturated carbocycles. The number of likely N-dealkylation sites (tertiary alicyclic amines) is 1. The number of ether oxygens (including phenoxy) is 3. The molecule has 146 valence electrons. The largest absolute Gasteiger partial charge is 0.493 e. The van der Waals surface area contributed by atoms with E-state index in [-0.39, 0.29) is 5.82 Å². The summed E-state index contributed by atoms with van der Waals surface area (Å²) in [5, 5.41) is 21.0. The van der Waals surface area contributed by atoms with Crippen LogP contribution in [-0.4, -0.2) is 66.3 Å². The van der Waals surface area contributed by atoms with Crippen molar-refractivity contribution < 1.29 is 28.8 Å². The lowest BCUT2D eigenvalue weighted by atomic mass is 9.75. The summed E-state index contributed by atoms with van der Waals surface area (Å²) in [5.74, 6) is 0.534. The zero-order valence-electron chi connectivity index (χ0n) is 15.6. The second-order valence-corrected chi connectivity index (χ2v) is 7.50. The highest BCUT2D eigenvalue weighted by atomic mass is 19.1. The number of piperidine rings is 1. The summed E-state index contributed by atoms with van der Waals surface area (Å²) in [5.41, 5.74) is -1.31. The molecule has 2 fully saturated rings. The smallest absolute Gasteiger partial charge is 0.163 e. The number of nitrogens with zero attached hydrogens (tertiary/aromatic N) is 1. The maximum atomic E-state index is 14.4. The van der Waals surface area contributed by atoms with E-state index in [1.165, 1.54) is 20.3 Å². The number of halogens is 1. The lowest BCUT2D eigenvalue weighted by Crippen LogP contribution is -2.64. The Morgan fingerprint density at radius 2 is 1.81 bits per heavy atom. The van der Waals surface area contributed by atoms with E-state index in [2.05, 4.69) is 4.90 Å². The molecule has 1 aromatic rings. The molecule has 0 aromatic heterocycles. The average Bonchev–Trinajstić information content (AvgIpc) is 2.62. The fourth-order valence-corrected chi connectivity index (χ4v) is 4.01. The van der Waals surface area contributed by atoms with Gasteiger partial charge < -0.3 is 24.4 Å². The molecule has 26 heavy (non-hydrogen) atoms. The summed E-state index contributed by atoms with van der Waals surface area (Å²) < 4.78 is 30.6. The molecule has 0 unspecified atom stereocenters. The van der Waals surface area contributed by atoms with Crippen molar-refractivity contribution in [3.05, 3.63) is 23.5 Å². The molecule has 2 aliphatic heterocycles. The van der Waals surface area contributed by atoms with Crippen LogP contribution in [0.15, 0.2) is 12.1 Å². The zero-order valence-corrected chi connectivity index (χ0v) is 15.6.